The van der Waals surface area contributed by atoms with E-state index in [4.69, 9.17) is 0 Å². The Morgan fingerprint density at radius 1 is 1.11 bits per heavy atom. The molecule has 1 aromatic heterocycles. The SMILES string of the molecule is Cc1cn(C(C)C)c(Nc2ccccc2C(C)C)n1. The summed E-state index contributed by atoms with van der Waals surface area (Å²) in [4.78, 5) is 4.58. The van der Waals surface area contributed by atoms with Gasteiger partial charge in [0.15, 0.2) is 0 Å². The maximum absolute atomic E-state index is 4.58. The number of para-hydroxylation sites is 1. The number of nitrogens with zero attached hydrogens (tertiary/aromatic N) is 2. The first kappa shape index (κ1) is 13.7. The molecule has 0 aliphatic rings. The number of anilines is 2. The maximum atomic E-state index is 4.58. The molecule has 0 aliphatic carbocycles. The summed E-state index contributed by atoms with van der Waals surface area (Å²) in [5, 5.41) is 3.48. The minimum atomic E-state index is 0.398. The largest absolute Gasteiger partial charge is 0.325 e. The van der Waals surface area contributed by atoms with Gasteiger partial charge >= 0.3 is 0 Å². The van der Waals surface area contributed by atoms with Crippen molar-refractivity contribution in [3.63, 3.8) is 0 Å². The van der Waals surface area contributed by atoms with Crippen molar-refractivity contribution in [2.75, 3.05) is 5.32 Å². The molecule has 2 aromatic rings. The number of nitrogens with one attached hydrogen (secondary N) is 1. The fourth-order valence-corrected chi connectivity index (χ4v) is 2.24. The van der Waals surface area contributed by atoms with Crippen LogP contribution in [0.25, 0.3) is 0 Å². The van der Waals surface area contributed by atoms with E-state index < -0.39 is 0 Å². The summed E-state index contributed by atoms with van der Waals surface area (Å²) in [6.07, 6.45) is 2.09. The second kappa shape index (κ2) is 5.47. The first-order valence-corrected chi connectivity index (χ1v) is 6.90. The number of imidazole rings is 1. The highest BCUT2D eigenvalue weighted by molar-refractivity contribution is 5.60. The summed E-state index contributed by atoms with van der Waals surface area (Å²) in [7, 11) is 0. The van der Waals surface area contributed by atoms with Gasteiger partial charge in [-0.15, -0.1) is 0 Å². The molecule has 0 radical (unpaired) electrons. The maximum Gasteiger partial charge on any atom is 0.207 e. The zero-order chi connectivity index (χ0) is 14.0. The van der Waals surface area contributed by atoms with Gasteiger partial charge in [-0.1, -0.05) is 32.0 Å². The Bertz CT molecular complexity index is 553. The molecule has 1 N–H and O–H groups in total. The third-order valence-electron chi connectivity index (χ3n) is 3.24. The molecular formula is C16H23N3. The lowest BCUT2D eigenvalue weighted by Gasteiger charge is -2.16. The van der Waals surface area contributed by atoms with Gasteiger partial charge in [0.05, 0.1) is 5.69 Å². The van der Waals surface area contributed by atoms with E-state index in [-0.39, 0.29) is 0 Å². The van der Waals surface area contributed by atoms with Crippen LogP contribution in [0.1, 0.15) is 50.9 Å². The van der Waals surface area contributed by atoms with Crippen LogP contribution in [0, 0.1) is 6.92 Å². The zero-order valence-electron chi connectivity index (χ0n) is 12.4. The fraction of sp³-hybridized carbons (Fsp3) is 0.438. The average molecular weight is 257 g/mol. The second-order valence-corrected chi connectivity index (χ2v) is 5.57. The van der Waals surface area contributed by atoms with Crippen molar-refractivity contribution in [3.8, 4) is 0 Å². The fourth-order valence-electron chi connectivity index (χ4n) is 2.24. The van der Waals surface area contributed by atoms with E-state index in [0.29, 0.717) is 12.0 Å². The van der Waals surface area contributed by atoms with Crippen LogP contribution in [0.3, 0.4) is 0 Å². The zero-order valence-corrected chi connectivity index (χ0v) is 12.4. The molecule has 3 nitrogen and oxygen atoms in total. The van der Waals surface area contributed by atoms with E-state index in [9.17, 15) is 0 Å². The highest BCUT2D eigenvalue weighted by atomic mass is 15.2. The normalized spacial score (nSPS) is 11.3. The van der Waals surface area contributed by atoms with E-state index >= 15 is 0 Å². The van der Waals surface area contributed by atoms with Crippen LogP contribution >= 0.6 is 0 Å². The van der Waals surface area contributed by atoms with Crippen LogP contribution in [-0.2, 0) is 0 Å². The van der Waals surface area contributed by atoms with Crippen LogP contribution in [0.2, 0.25) is 0 Å². The van der Waals surface area contributed by atoms with Crippen molar-refractivity contribution in [3.05, 3.63) is 41.7 Å². The van der Waals surface area contributed by atoms with Gasteiger partial charge in [-0.25, -0.2) is 4.98 Å². The summed E-state index contributed by atoms with van der Waals surface area (Å²) in [5.41, 5.74) is 3.50. The van der Waals surface area contributed by atoms with Crippen molar-refractivity contribution < 1.29 is 0 Å². The smallest absolute Gasteiger partial charge is 0.207 e. The standard InChI is InChI=1S/C16H23N3/c1-11(2)14-8-6-7-9-15(14)18-16-17-13(5)10-19(16)12(3)4/h6-12H,1-5H3,(H,17,18). The quantitative estimate of drug-likeness (QED) is 0.864. The van der Waals surface area contributed by atoms with Crippen LogP contribution < -0.4 is 5.32 Å². The monoisotopic (exact) mass is 257 g/mol. The third-order valence-corrected chi connectivity index (χ3v) is 3.24. The van der Waals surface area contributed by atoms with Gasteiger partial charge in [-0.2, -0.15) is 0 Å². The summed E-state index contributed by atoms with van der Waals surface area (Å²) in [6, 6.07) is 8.83. The summed E-state index contributed by atoms with van der Waals surface area (Å²) in [5.74, 6) is 1.41. The molecule has 1 aromatic carbocycles. The number of rotatable bonds is 4. The summed E-state index contributed by atoms with van der Waals surface area (Å²) < 4.78 is 2.17. The predicted octanol–water partition coefficient (Wildman–Crippen LogP) is 4.64. The van der Waals surface area contributed by atoms with E-state index in [1.165, 1.54) is 5.56 Å². The third kappa shape index (κ3) is 2.98. The minimum absolute atomic E-state index is 0.398. The highest BCUT2D eigenvalue weighted by Crippen LogP contribution is 2.27. The molecule has 102 valence electrons. The topological polar surface area (TPSA) is 29.9 Å². The van der Waals surface area contributed by atoms with E-state index in [2.05, 4.69) is 73.0 Å². The van der Waals surface area contributed by atoms with Crippen molar-refractivity contribution in [1.82, 2.24) is 9.55 Å². The molecule has 0 spiro atoms. The van der Waals surface area contributed by atoms with Gasteiger partial charge < -0.3 is 9.88 Å². The molecule has 0 atom stereocenters. The molecule has 19 heavy (non-hydrogen) atoms. The van der Waals surface area contributed by atoms with Gasteiger partial charge in [0, 0.05) is 17.9 Å². The Labute approximate surface area is 115 Å². The first-order valence-electron chi connectivity index (χ1n) is 6.90. The Balaban J connectivity index is 2.36. The van der Waals surface area contributed by atoms with Crippen LogP contribution in [0.15, 0.2) is 30.5 Å². The second-order valence-electron chi connectivity index (χ2n) is 5.57. The molecule has 0 unspecified atom stereocenters. The molecule has 0 aliphatic heterocycles. The average Bonchev–Trinajstić information content (AvgIpc) is 2.71. The molecule has 0 fully saturated rings. The molecule has 2 rings (SSSR count). The lowest BCUT2D eigenvalue weighted by atomic mass is 10.0. The van der Waals surface area contributed by atoms with Gasteiger partial charge in [0.1, 0.15) is 0 Å². The van der Waals surface area contributed by atoms with Gasteiger partial charge in [0.2, 0.25) is 5.95 Å². The Morgan fingerprint density at radius 2 is 1.79 bits per heavy atom. The molecule has 0 saturated heterocycles. The highest BCUT2D eigenvalue weighted by Gasteiger charge is 2.11. The molecule has 1 heterocycles. The van der Waals surface area contributed by atoms with E-state index in [1.807, 2.05) is 6.92 Å². The number of hydrogen-bond donors (Lipinski definition) is 1. The molecular weight excluding hydrogens is 234 g/mol. The van der Waals surface area contributed by atoms with E-state index in [0.717, 1.165) is 17.3 Å². The van der Waals surface area contributed by atoms with Crippen LogP contribution in [0.5, 0.6) is 0 Å². The molecule has 0 bridgehead atoms. The van der Waals surface area contributed by atoms with Crippen LogP contribution in [0.4, 0.5) is 11.6 Å². The molecule has 3 heteroatoms. The van der Waals surface area contributed by atoms with Gasteiger partial charge in [-0.05, 0) is 38.3 Å². The lowest BCUT2D eigenvalue weighted by molar-refractivity contribution is 0.607. The van der Waals surface area contributed by atoms with Crippen molar-refractivity contribution in [2.45, 2.75) is 46.6 Å². The number of aryl methyl sites for hydroxylation is 1. The Morgan fingerprint density at radius 3 is 2.42 bits per heavy atom. The van der Waals surface area contributed by atoms with Crippen molar-refractivity contribution >= 4 is 11.6 Å². The van der Waals surface area contributed by atoms with Crippen molar-refractivity contribution in [1.29, 1.82) is 0 Å². The Hall–Kier alpha value is -1.77. The van der Waals surface area contributed by atoms with E-state index in [1.54, 1.807) is 0 Å². The predicted molar refractivity (Wildman–Crippen MR) is 81.2 cm³/mol. The number of benzene rings is 1. The molecule has 0 saturated carbocycles. The lowest BCUT2D eigenvalue weighted by Crippen LogP contribution is -2.06. The van der Waals surface area contributed by atoms with Gasteiger partial charge in [-0.3, -0.25) is 0 Å². The Kier molecular flexibility index (Phi) is 3.93. The van der Waals surface area contributed by atoms with Crippen LogP contribution in [-0.4, -0.2) is 9.55 Å². The minimum Gasteiger partial charge on any atom is -0.325 e. The van der Waals surface area contributed by atoms with Gasteiger partial charge in [0.25, 0.3) is 0 Å². The number of aromatic nitrogens is 2. The number of hydrogen-bond acceptors (Lipinski definition) is 2. The molecule has 0 amide bonds. The first-order chi connectivity index (χ1) is 8.99. The summed E-state index contributed by atoms with van der Waals surface area (Å²) in [6.45, 7) is 10.8. The summed E-state index contributed by atoms with van der Waals surface area (Å²) >= 11 is 0. The van der Waals surface area contributed by atoms with Crippen molar-refractivity contribution in [2.24, 2.45) is 0 Å².